The molecule has 1 amide bonds. The number of aliphatic hydroxyl groups excluding tert-OH is 2. The fourth-order valence-corrected chi connectivity index (χ4v) is 8.65. The molecule has 0 rings (SSSR count). The van der Waals surface area contributed by atoms with Gasteiger partial charge in [0.05, 0.1) is 18.8 Å². The van der Waals surface area contributed by atoms with Crippen molar-refractivity contribution in [1.29, 1.82) is 0 Å². The van der Waals surface area contributed by atoms with Gasteiger partial charge in [-0.15, -0.1) is 0 Å². The van der Waals surface area contributed by atoms with Crippen LogP contribution >= 0.6 is 0 Å². The average molecular weight is 818 g/mol. The van der Waals surface area contributed by atoms with Crippen LogP contribution in [0.25, 0.3) is 0 Å². The Labute approximate surface area is 365 Å². The summed E-state index contributed by atoms with van der Waals surface area (Å²) in [6.45, 7) is 4.36. The van der Waals surface area contributed by atoms with Gasteiger partial charge in [-0.3, -0.25) is 4.79 Å². The van der Waals surface area contributed by atoms with Gasteiger partial charge in [0.15, 0.2) is 0 Å². The minimum Gasteiger partial charge on any atom is -0.394 e. The molecule has 4 nitrogen and oxygen atoms in total. The van der Waals surface area contributed by atoms with E-state index in [1.165, 1.54) is 257 Å². The highest BCUT2D eigenvalue weighted by Crippen LogP contribution is 2.18. The number of hydrogen-bond donors (Lipinski definition) is 3. The molecular weight excluding hydrogens is 711 g/mol. The molecule has 0 saturated heterocycles. The third-order valence-corrected chi connectivity index (χ3v) is 12.8. The highest BCUT2D eigenvalue weighted by Gasteiger charge is 2.20. The van der Waals surface area contributed by atoms with Crippen molar-refractivity contribution in [3.63, 3.8) is 0 Å². The summed E-state index contributed by atoms with van der Waals surface area (Å²) in [5, 5.41) is 23.1. The van der Waals surface area contributed by atoms with Gasteiger partial charge >= 0.3 is 0 Å². The number of nitrogens with one attached hydrogen (secondary N) is 1. The van der Waals surface area contributed by atoms with Gasteiger partial charge in [0.25, 0.3) is 0 Å². The molecule has 346 valence electrons. The summed E-state index contributed by atoms with van der Waals surface area (Å²) < 4.78 is 0. The molecule has 2 unspecified atom stereocenters. The van der Waals surface area contributed by atoms with Gasteiger partial charge in [-0.05, 0) is 38.5 Å². The minimum atomic E-state index is -0.653. The van der Waals surface area contributed by atoms with Crippen LogP contribution in [0, 0.1) is 0 Å². The number of allylic oxidation sites excluding steroid dienone is 2. The van der Waals surface area contributed by atoms with Crippen molar-refractivity contribution < 1.29 is 15.0 Å². The van der Waals surface area contributed by atoms with Gasteiger partial charge in [0, 0.05) is 6.42 Å². The molecule has 0 bridgehead atoms. The normalized spacial score (nSPS) is 12.8. The van der Waals surface area contributed by atoms with Crippen LogP contribution in [0.2, 0.25) is 0 Å². The third kappa shape index (κ3) is 46.2. The number of aliphatic hydroxyl groups is 2. The first kappa shape index (κ1) is 57.1. The maximum absolute atomic E-state index is 12.4. The van der Waals surface area contributed by atoms with E-state index in [0.717, 1.165) is 25.7 Å². The zero-order valence-electron chi connectivity index (χ0n) is 39.8. The van der Waals surface area contributed by atoms with Crippen molar-refractivity contribution >= 4 is 5.91 Å². The van der Waals surface area contributed by atoms with E-state index >= 15 is 0 Å². The van der Waals surface area contributed by atoms with Gasteiger partial charge in [0.2, 0.25) is 5.91 Å². The summed E-state index contributed by atoms with van der Waals surface area (Å²) in [5.41, 5.74) is 0. The first-order valence-corrected chi connectivity index (χ1v) is 26.9. The Morgan fingerprint density at radius 3 is 0.948 bits per heavy atom. The van der Waals surface area contributed by atoms with Crippen molar-refractivity contribution in [3.8, 4) is 0 Å². The number of amides is 1. The monoisotopic (exact) mass is 818 g/mol. The number of rotatable bonds is 50. The predicted molar refractivity (Wildman–Crippen MR) is 258 cm³/mol. The first-order chi connectivity index (χ1) is 28.7. The van der Waals surface area contributed by atoms with Crippen molar-refractivity contribution in [1.82, 2.24) is 5.32 Å². The molecule has 3 N–H and O–H groups in total. The predicted octanol–water partition coefficient (Wildman–Crippen LogP) is 17.4. The second-order valence-electron chi connectivity index (χ2n) is 18.7. The SMILES string of the molecule is CCCCCCCCCC/C=C\CCCCCCCCCCCCCCCCCCCCCCCCCCCC(=O)NC(CO)C(O)CCCCCCCCCCC. The Bertz CT molecular complexity index is 799. The molecule has 0 aliphatic rings. The topological polar surface area (TPSA) is 69.6 Å². The maximum Gasteiger partial charge on any atom is 0.220 e. The molecule has 0 saturated carbocycles. The standard InChI is InChI=1S/C54H107NO3/c1-3-5-7-9-11-13-14-15-16-17-18-19-20-21-22-23-24-25-26-27-28-29-30-31-32-33-34-35-36-37-38-39-40-42-44-46-48-50-54(58)55-52(51-56)53(57)49-47-45-43-41-12-10-8-6-4-2/h17-18,52-53,56-57H,3-16,19-51H2,1-2H3,(H,55,58)/b18-17-. The van der Waals surface area contributed by atoms with Crippen LogP contribution < -0.4 is 5.32 Å². The Hall–Kier alpha value is -0.870. The van der Waals surface area contributed by atoms with Crippen LogP contribution in [0.1, 0.15) is 309 Å². The molecule has 0 spiro atoms. The largest absolute Gasteiger partial charge is 0.394 e. The number of unbranched alkanes of at least 4 members (excludes halogenated alkanes) is 41. The molecule has 58 heavy (non-hydrogen) atoms. The third-order valence-electron chi connectivity index (χ3n) is 12.8. The number of carbonyl (C=O) groups is 1. The Balaban J connectivity index is 3.31. The van der Waals surface area contributed by atoms with Crippen LogP contribution in [-0.4, -0.2) is 34.9 Å². The smallest absolute Gasteiger partial charge is 0.220 e. The lowest BCUT2D eigenvalue weighted by Crippen LogP contribution is -2.45. The second-order valence-corrected chi connectivity index (χ2v) is 18.7. The number of carbonyl (C=O) groups excluding carboxylic acids is 1. The maximum atomic E-state index is 12.4. The van der Waals surface area contributed by atoms with Gasteiger partial charge < -0.3 is 15.5 Å². The van der Waals surface area contributed by atoms with Crippen LogP contribution in [0.15, 0.2) is 12.2 Å². The van der Waals surface area contributed by atoms with E-state index < -0.39 is 12.1 Å². The second kappa shape index (κ2) is 50.5. The average Bonchev–Trinajstić information content (AvgIpc) is 3.23. The van der Waals surface area contributed by atoms with Gasteiger partial charge in [0.1, 0.15) is 0 Å². The Kier molecular flexibility index (Phi) is 49.7. The van der Waals surface area contributed by atoms with Crippen molar-refractivity contribution in [3.05, 3.63) is 12.2 Å². The van der Waals surface area contributed by atoms with Crippen LogP contribution in [0.5, 0.6) is 0 Å². The van der Waals surface area contributed by atoms with Gasteiger partial charge in [-0.2, -0.15) is 0 Å². The van der Waals surface area contributed by atoms with E-state index in [4.69, 9.17) is 0 Å². The summed E-state index contributed by atoms with van der Waals surface area (Å²) in [5.74, 6) is -0.0276. The van der Waals surface area contributed by atoms with E-state index in [-0.39, 0.29) is 12.5 Å². The zero-order chi connectivity index (χ0) is 42.1. The summed E-state index contributed by atoms with van der Waals surface area (Å²) in [6.07, 6.45) is 65.1. The van der Waals surface area contributed by atoms with E-state index in [9.17, 15) is 15.0 Å². The van der Waals surface area contributed by atoms with E-state index in [0.29, 0.717) is 12.8 Å². The van der Waals surface area contributed by atoms with Crippen molar-refractivity contribution in [2.45, 2.75) is 321 Å². The zero-order valence-corrected chi connectivity index (χ0v) is 39.8. The minimum absolute atomic E-state index is 0.0276. The molecule has 0 aromatic rings. The summed E-state index contributed by atoms with van der Waals surface area (Å²) in [4.78, 5) is 12.4. The lowest BCUT2D eigenvalue weighted by Gasteiger charge is -2.22. The Morgan fingerprint density at radius 2 is 0.655 bits per heavy atom. The fourth-order valence-electron chi connectivity index (χ4n) is 8.65. The molecular formula is C54H107NO3. The highest BCUT2D eigenvalue weighted by atomic mass is 16.3. The van der Waals surface area contributed by atoms with Crippen molar-refractivity contribution in [2.24, 2.45) is 0 Å². The van der Waals surface area contributed by atoms with Gasteiger partial charge in [-0.1, -0.05) is 276 Å². The number of hydrogen-bond acceptors (Lipinski definition) is 3. The summed E-state index contributed by atoms with van der Waals surface area (Å²) in [6, 6.07) is -0.529. The molecule has 0 heterocycles. The van der Waals surface area contributed by atoms with E-state index in [1.54, 1.807) is 0 Å². The molecule has 2 atom stereocenters. The molecule has 0 fully saturated rings. The highest BCUT2D eigenvalue weighted by molar-refractivity contribution is 5.76. The molecule has 4 heteroatoms. The molecule has 0 aliphatic heterocycles. The summed E-state index contributed by atoms with van der Waals surface area (Å²) >= 11 is 0. The van der Waals surface area contributed by atoms with Crippen LogP contribution in [0.3, 0.4) is 0 Å². The molecule has 0 aromatic carbocycles. The van der Waals surface area contributed by atoms with Gasteiger partial charge in [-0.25, -0.2) is 0 Å². The fraction of sp³-hybridized carbons (Fsp3) is 0.944. The lowest BCUT2D eigenvalue weighted by atomic mass is 10.0. The lowest BCUT2D eigenvalue weighted by molar-refractivity contribution is -0.123. The molecule has 0 radical (unpaired) electrons. The quantitative estimate of drug-likeness (QED) is 0.0423. The summed E-state index contributed by atoms with van der Waals surface area (Å²) in [7, 11) is 0. The van der Waals surface area contributed by atoms with E-state index in [2.05, 4.69) is 31.3 Å². The van der Waals surface area contributed by atoms with Crippen molar-refractivity contribution in [2.75, 3.05) is 6.61 Å². The van der Waals surface area contributed by atoms with E-state index in [1.807, 2.05) is 0 Å². The first-order valence-electron chi connectivity index (χ1n) is 26.9. The Morgan fingerprint density at radius 1 is 0.397 bits per heavy atom. The molecule has 0 aromatic heterocycles. The van der Waals surface area contributed by atoms with Crippen LogP contribution in [-0.2, 0) is 4.79 Å². The molecule has 0 aliphatic carbocycles. The van der Waals surface area contributed by atoms with Crippen LogP contribution in [0.4, 0.5) is 0 Å².